The molecule has 0 N–H and O–H groups in total. The molecule has 5 rings (SSSR count). The average molecular weight is 564 g/mol. The Morgan fingerprint density at radius 2 is 1.57 bits per heavy atom. The zero-order chi connectivity index (χ0) is 28.2. The predicted molar refractivity (Wildman–Crippen MR) is 156 cm³/mol. The topological polar surface area (TPSA) is 65.1 Å². The molecule has 0 saturated heterocycles. The van der Waals surface area contributed by atoms with Crippen LogP contribution in [0.4, 0.5) is 0 Å². The van der Waals surface area contributed by atoms with Crippen LogP contribution >= 0.6 is 11.6 Å². The molecule has 0 aromatic heterocycles. The summed E-state index contributed by atoms with van der Waals surface area (Å²) >= 11 is 6.89. The van der Waals surface area contributed by atoms with Gasteiger partial charge >= 0.3 is 0 Å². The molecule has 1 aliphatic heterocycles. The highest BCUT2D eigenvalue weighted by atomic mass is 35.5. The van der Waals surface area contributed by atoms with Crippen molar-refractivity contribution in [1.82, 2.24) is 4.90 Å². The Hall–Kier alpha value is -3.09. The van der Waals surface area contributed by atoms with Crippen molar-refractivity contribution in [2.45, 2.75) is 71.3 Å². The molecule has 2 aromatic rings. The SMILES string of the molecule is CCOc1cc(C2C3=C(CCCC3=O)N(CCCOC)C3=C2C(=O)CCC3)cc(Cl)c1OCc1ccc(C)cc1. The van der Waals surface area contributed by atoms with Crippen molar-refractivity contribution in [1.29, 1.82) is 0 Å². The molecule has 0 spiro atoms. The summed E-state index contributed by atoms with van der Waals surface area (Å²) < 4.78 is 17.5. The first-order chi connectivity index (χ1) is 19.4. The van der Waals surface area contributed by atoms with Gasteiger partial charge in [-0.15, -0.1) is 0 Å². The number of halogens is 1. The van der Waals surface area contributed by atoms with Crippen LogP contribution in [0.3, 0.4) is 0 Å². The summed E-state index contributed by atoms with van der Waals surface area (Å²) in [5.41, 5.74) is 6.60. The zero-order valence-corrected chi connectivity index (χ0v) is 24.4. The van der Waals surface area contributed by atoms with Crippen LogP contribution in [0.5, 0.6) is 11.5 Å². The maximum Gasteiger partial charge on any atom is 0.180 e. The molecule has 0 fully saturated rings. The number of nitrogens with zero attached hydrogens (tertiary/aromatic N) is 1. The fourth-order valence-electron chi connectivity index (χ4n) is 6.18. The van der Waals surface area contributed by atoms with Gasteiger partial charge in [0.1, 0.15) is 6.61 Å². The Morgan fingerprint density at radius 3 is 2.17 bits per heavy atom. The van der Waals surface area contributed by atoms with Crippen LogP contribution < -0.4 is 9.47 Å². The van der Waals surface area contributed by atoms with Crippen molar-refractivity contribution in [3.05, 3.63) is 80.7 Å². The van der Waals surface area contributed by atoms with E-state index in [9.17, 15) is 9.59 Å². The summed E-state index contributed by atoms with van der Waals surface area (Å²) in [5.74, 6) is 0.768. The number of carbonyl (C=O) groups is 2. The van der Waals surface area contributed by atoms with Crippen LogP contribution in [0.15, 0.2) is 58.9 Å². The highest BCUT2D eigenvalue weighted by molar-refractivity contribution is 6.32. The molecule has 2 aliphatic carbocycles. The van der Waals surface area contributed by atoms with E-state index in [0.717, 1.165) is 72.3 Å². The van der Waals surface area contributed by atoms with E-state index in [-0.39, 0.29) is 11.6 Å². The number of methoxy groups -OCH3 is 1. The van der Waals surface area contributed by atoms with Crippen molar-refractivity contribution in [3.8, 4) is 11.5 Å². The Balaban J connectivity index is 1.58. The number of allylic oxidation sites excluding steroid dienone is 4. The molecule has 7 heteroatoms. The maximum absolute atomic E-state index is 13.6. The highest BCUT2D eigenvalue weighted by Gasteiger charge is 2.43. The van der Waals surface area contributed by atoms with Crippen molar-refractivity contribution >= 4 is 23.2 Å². The highest BCUT2D eigenvalue weighted by Crippen LogP contribution is 2.51. The van der Waals surface area contributed by atoms with Crippen molar-refractivity contribution in [2.75, 3.05) is 26.9 Å². The van der Waals surface area contributed by atoms with Gasteiger partial charge in [-0.25, -0.2) is 0 Å². The van der Waals surface area contributed by atoms with Crippen LogP contribution in [0.1, 0.15) is 74.5 Å². The summed E-state index contributed by atoms with van der Waals surface area (Å²) in [7, 11) is 1.70. The monoisotopic (exact) mass is 563 g/mol. The largest absolute Gasteiger partial charge is 0.490 e. The van der Waals surface area contributed by atoms with E-state index >= 15 is 0 Å². The quantitative estimate of drug-likeness (QED) is 0.288. The summed E-state index contributed by atoms with van der Waals surface area (Å²) in [5, 5.41) is 0.409. The minimum absolute atomic E-state index is 0.113. The summed E-state index contributed by atoms with van der Waals surface area (Å²) in [6.07, 6.45) is 5.07. The molecular formula is C33H38ClNO5. The molecule has 0 atom stereocenters. The van der Waals surface area contributed by atoms with E-state index in [4.69, 9.17) is 25.8 Å². The minimum atomic E-state index is -0.452. The first-order valence-corrected chi connectivity index (χ1v) is 14.7. The van der Waals surface area contributed by atoms with Gasteiger partial charge in [-0.1, -0.05) is 41.4 Å². The van der Waals surface area contributed by atoms with Gasteiger partial charge in [0.15, 0.2) is 23.1 Å². The van der Waals surface area contributed by atoms with Crippen molar-refractivity contribution < 1.29 is 23.8 Å². The molecular weight excluding hydrogens is 526 g/mol. The number of hydrogen-bond acceptors (Lipinski definition) is 6. The molecule has 2 aromatic carbocycles. The molecule has 0 amide bonds. The number of aryl methyl sites for hydroxylation is 1. The standard InChI is InChI=1S/C33H38ClNO5/c1-4-39-29-19-23(18-24(34)33(29)40-20-22-14-12-21(2)13-15-22)30-31-25(8-5-10-27(31)36)35(16-7-17-38-3)26-9-6-11-28(37)32(26)30/h12-15,18-19,30H,4-11,16-17,20H2,1-3H3. The first-order valence-electron chi connectivity index (χ1n) is 14.4. The molecule has 0 saturated carbocycles. The van der Waals surface area contributed by atoms with Crippen LogP contribution in [-0.2, 0) is 20.9 Å². The zero-order valence-electron chi connectivity index (χ0n) is 23.7. The molecule has 0 bridgehead atoms. The lowest BCUT2D eigenvalue weighted by Gasteiger charge is -2.44. The number of rotatable bonds is 10. The van der Waals surface area contributed by atoms with Crippen LogP contribution in [0.25, 0.3) is 0 Å². The maximum atomic E-state index is 13.6. The van der Waals surface area contributed by atoms with Crippen molar-refractivity contribution in [2.24, 2.45) is 0 Å². The Labute approximate surface area is 241 Å². The second-order valence-electron chi connectivity index (χ2n) is 10.7. The van der Waals surface area contributed by atoms with E-state index in [1.54, 1.807) is 7.11 Å². The van der Waals surface area contributed by atoms with Gasteiger partial charge in [-0.3, -0.25) is 9.59 Å². The number of Topliss-reactive ketones (excluding diaryl/α,β-unsaturated/α-hetero) is 2. The lowest BCUT2D eigenvalue weighted by Crippen LogP contribution is -2.39. The van der Waals surface area contributed by atoms with E-state index in [0.29, 0.717) is 49.2 Å². The second kappa shape index (κ2) is 12.6. The van der Waals surface area contributed by atoms with Crippen LogP contribution in [0, 0.1) is 6.92 Å². The number of carbonyl (C=O) groups excluding carboxylic acids is 2. The van der Waals surface area contributed by atoms with Gasteiger partial charge < -0.3 is 19.1 Å². The van der Waals surface area contributed by atoms with Gasteiger partial charge in [0.2, 0.25) is 0 Å². The number of benzene rings is 2. The third-order valence-electron chi connectivity index (χ3n) is 7.99. The fourth-order valence-corrected chi connectivity index (χ4v) is 6.46. The number of ether oxygens (including phenoxy) is 3. The van der Waals surface area contributed by atoms with Gasteiger partial charge in [0.05, 0.1) is 11.6 Å². The third kappa shape index (κ3) is 5.70. The van der Waals surface area contributed by atoms with E-state index < -0.39 is 5.92 Å². The number of hydrogen-bond donors (Lipinski definition) is 0. The molecule has 212 valence electrons. The normalized spacial score (nSPS) is 17.8. The Kier molecular flexibility index (Phi) is 8.97. The van der Waals surface area contributed by atoms with E-state index in [2.05, 4.69) is 4.90 Å². The Bertz CT molecular complexity index is 1300. The van der Waals surface area contributed by atoms with Gasteiger partial charge in [-0.05, 0) is 69.2 Å². The minimum Gasteiger partial charge on any atom is -0.490 e. The first kappa shape index (κ1) is 28.4. The molecule has 40 heavy (non-hydrogen) atoms. The van der Waals surface area contributed by atoms with E-state index in [1.165, 1.54) is 5.56 Å². The average Bonchev–Trinajstić information content (AvgIpc) is 2.94. The fraction of sp³-hybridized carbons (Fsp3) is 0.455. The molecule has 6 nitrogen and oxygen atoms in total. The molecule has 0 unspecified atom stereocenters. The lowest BCUT2D eigenvalue weighted by molar-refractivity contribution is -0.117. The van der Waals surface area contributed by atoms with Crippen LogP contribution in [-0.4, -0.2) is 43.3 Å². The van der Waals surface area contributed by atoms with Gasteiger partial charge in [0, 0.05) is 61.6 Å². The molecule has 1 heterocycles. The summed E-state index contributed by atoms with van der Waals surface area (Å²) in [4.78, 5) is 29.4. The van der Waals surface area contributed by atoms with Gasteiger partial charge in [0.25, 0.3) is 0 Å². The summed E-state index contributed by atoms with van der Waals surface area (Å²) in [6.45, 7) is 6.10. The Morgan fingerprint density at radius 1 is 0.925 bits per heavy atom. The van der Waals surface area contributed by atoms with Crippen LogP contribution in [0.2, 0.25) is 5.02 Å². The number of ketones is 2. The molecule has 3 aliphatic rings. The second-order valence-corrected chi connectivity index (χ2v) is 11.1. The lowest BCUT2D eigenvalue weighted by atomic mass is 9.71. The third-order valence-corrected chi connectivity index (χ3v) is 8.27. The summed E-state index contributed by atoms with van der Waals surface area (Å²) in [6, 6.07) is 11.9. The van der Waals surface area contributed by atoms with E-state index in [1.807, 2.05) is 50.2 Å². The molecule has 0 radical (unpaired) electrons. The van der Waals surface area contributed by atoms with Gasteiger partial charge in [-0.2, -0.15) is 0 Å². The predicted octanol–water partition coefficient (Wildman–Crippen LogP) is 7.08. The van der Waals surface area contributed by atoms with Crippen molar-refractivity contribution in [3.63, 3.8) is 0 Å². The smallest absolute Gasteiger partial charge is 0.180 e.